The van der Waals surface area contributed by atoms with Crippen molar-refractivity contribution in [2.75, 3.05) is 23.7 Å². The first-order chi connectivity index (χ1) is 12.2. The maximum Gasteiger partial charge on any atom is 0.324 e. The topological polar surface area (TPSA) is 66.1 Å². The molecule has 2 heterocycles. The molecule has 26 heavy (non-hydrogen) atoms. The molecule has 1 fully saturated rings. The predicted octanol–water partition coefficient (Wildman–Crippen LogP) is 4.73. The molecule has 5 nitrogen and oxygen atoms in total. The lowest BCUT2D eigenvalue weighted by molar-refractivity contribution is 0.262. The number of amides is 2. The minimum atomic E-state index is -0.323. The first kappa shape index (κ1) is 20.5. The smallest absolute Gasteiger partial charge is 0.316 e. The maximum atomic E-state index is 12.0. The van der Waals surface area contributed by atoms with Crippen molar-refractivity contribution in [3.05, 3.63) is 53.2 Å². The van der Waals surface area contributed by atoms with Gasteiger partial charge in [-0.2, -0.15) is 0 Å². The lowest BCUT2D eigenvalue weighted by Gasteiger charge is -2.22. The summed E-state index contributed by atoms with van der Waals surface area (Å²) >= 11 is 5.77. The molecule has 2 amide bonds. The van der Waals surface area contributed by atoms with Gasteiger partial charge in [0.1, 0.15) is 5.82 Å². The van der Waals surface area contributed by atoms with Gasteiger partial charge in [-0.05, 0) is 74.5 Å². The monoisotopic (exact) mass is 394 g/mol. The summed E-state index contributed by atoms with van der Waals surface area (Å²) in [5.41, 5.74) is 2.06. The molecule has 7 heteroatoms. The minimum Gasteiger partial charge on any atom is -0.316 e. The van der Waals surface area contributed by atoms with E-state index in [4.69, 9.17) is 11.6 Å². The van der Waals surface area contributed by atoms with Crippen LogP contribution in [0.15, 0.2) is 42.6 Å². The summed E-state index contributed by atoms with van der Waals surface area (Å²) < 4.78 is 0. The summed E-state index contributed by atoms with van der Waals surface area (Å²) in [4.78, 5) is 16.0. The number of pyridine rings is 1. The molecular formula is C19H24Cl2N4O. The molecule has 0 spiro atoms. The molecule has 1 aliphatic rings. The normalized spacial score (nSPS) is 16.4. The molecule has 0 bridgehead atoms. The van der Waals surface area contributed by atoms with Gasteiger partial charge in [-0.1, -0.05) is 23.7 Å². The first-order valence-corrected chi connectivity index (χ1v) is 9.06. The highest BCUT2D eigenvalue weighted by Gasteiger charge is 2.12. The third kappa shape index (κ3) is 6.48. The average molecular weight is 395 g/mol. The number of nitrogens with one attached hydrogen (secondary N) is 3. The maximum absolute atomic E-state index is 12.0. The third-order valence-corrected chi connectivity index (χ3v) is 4.64. The Bertz CT molecular complexity index is 686. The van der Waals surface area contributed by atoms with Crippen molar-refractivity contribution in [3.8, 4) is 0 Å². The SMILES string of the molecule is Cl.O=C(Nc1ccc(CCC2CCCNC2)cc1)Nc1ccc(Cl)cn1. The van der Waals surface area contributed by atoms with Crippen LogP contribution >= 0.6 is 24.0 Å². The summed E-state index contributed by atoms with van der Waals surface area (Å²) in [6, 6.07) is 11.0. The Morgan fingerprint density at radius 2 is 2.00 bits per heavy atom. The lowest BCUT2D eigenvalue weighted by atomic mass is 9.93. The molecular weight excluding hydrogens is 371 g/mol. The second-order valence-electron chi connectivity index (χ2n) is 6.39. The molecule has 1 aliphatic heterocycles. The van der Waals surface area contributed by atoms with Crippen LogP contribution in [0.4, 0.5) is 16.3 Å². The molecule has 0 saturated carbocycles. The molecule has 3 N–H and O–H groups in total. The van der Waals surface area contributed by atoms with Gasteiger partial charge < -0.3 is 10.6 Å². The summed E-state index contributed by atoms with van der Waals surface area (Å²) in [5.74, 6) is 1.24. The molecule has 1 aromatic heterocycles. The molecule has 1 saturated heterocycles. The average Bonchev–Trinajstić information content (AvgIpc) is 2.64. The molecule has 1 atom stereocenters. The van der Waals surface area contributed by atoms with Crippen molar-refractivity contribution in [3.63, 3.8) is 0 Å². The fourth-order valence-electron chi connectivity index (χ4n) is 3.02. The molecule has 140 valence electrons. The van der Waals surface area contributed by atoms with Crippen LogP contribution in [0.2, 0.25) is 5.02 Å². The van der Waals surface area contributed by atoms with Crippen molar-refractivity contribution in [2.24, 2.45) is 5.92 Å². The van der Waals surface area contributed by atoms with Gasteiger partial charge in [0, 0.05) is 11.9 Å². The van der Waals surface area contributed by atoms with Gasteiger partial charge in [-0.3, -0.25) is 5.32 Å². The van der Waals surface area contributed by atoms with Crippen LogP contribution in [-0.2, 0) is 6.42 Å². The zero-order valence-corrected chi connectivity index (χ0v) is 16.1. The van der Waals surface area contributed by atoms with E-state index in [-0.39, 0.29) is 18.4 Å². The van der Waals surface area contributed by atoms with Crippen molar-refractivity contribution >= 4 is 41.5 Å². The molecule has 0 radical (unpaired) electrons. The minimum absolute atomic E-state index is 0. The number of hydrogen-bond donors (Lipinski definition) is 3. The largest absolute Gasteiger partial charge is 0.324 e. The van der Waals surface area contributed by atoms with Crippen molar-refractivity contribution in [2.45, 2.75) is 25.7 Å². The fraction of sp³-hybridized carbons (Fsp3) is 0.368. The number of aryl methyl sites for hydroxylation is 1. The standard InChI is InChI=1S/C19H23ClN4O.ClH/c20-16-7-10-18(22-13-16)24-19(25)23-17-8-5-14(6-9-17)3-4-15-2-1-11-21-12-15;/h5-10,13,15,21H,1-4,11-12H2,(H2,22,23,24,25);1H. The Labute approximate surface area is 165 Å². The Hall–Kier alpha value is -1.82. The summed E-state index contributed by atoms with van der Waals surface area (Å²) in [5, 5.41) is 9.47. The first-order valence-electron chi connectivity index (χ1n) is 8.68. The Morgan fingerprint density at radius 3 is 2.65 bits per heavy atom. The van der Waals surface area contributed by atoms with Crippen molar-refractivity contribution < 1.29 is 4.79 Å². The van der Waals surface area contributed by atoms with E-state index < -0.39 is 0 Å². The number of aromatic nitrogens is 1. The summed E-state index contributed by atoms with van der Waals surface area (Å²) in [6.07, 6.45) is 6.39. The van der Waals surface area contributed by atoms with E-state index in [0.717, 1.165) is 31.1 Å². The predicted molar refractivity (Wildman–Crippen MR) is 109 cm³/mol. The van der Waals surface area contributed by atoms with Crippen molar-refractivity contribution in [1.82, 2.24) is 10.3 Å². The zero-order valence-electron chi connectivity index (χ0n) is 14.5. The highest BCUT2D eigenvalue weighted by molar-refractivity contribution is 6.30. The van der Waals surface area contributed by atoms with Gasteiger partial charge in [-0.15, -0.1) is 12.4 Å². The highest BCUT2D eigenvalue weighted by atomic mass is 35.5. The molecule has 0 aliphatic carbocycles. The van der Waals surface area contributed by atoms with Gasteiger partial charge in [0.15, 0.2) is 0 Å². The van der Waals surface area contributed by atoms with Crippen LogP contribution in [0.5, 0.6) is 0 Å². The van der Waals surface area contributed by atoms with E-state index in [0.29, 0.717) is 10.8 Å². The highest BCUT2D eigenvalue weighted by Crippen LogP contribution is 2.18. The lowest BCUT2D eigenvalue weighted by Crippen LogP contribution is -2.29. The van der Waals surface area contributed by atoms with Crippen LogP contribution in [-0.4, -0.2) is 24.1 Å². The molecule has 1 aromatic carbocycles. The van der Waals surface area contributed by atoms with E-state index in [2.05, 4.69) is 33.1 Å². The quantitative estimate of drug-likeness (QED) is 0.686. The Morgan fingerprint density at radius 1 is 1.19 bits per heavy atom. The van der Waals surface area contributed by atoms with E-state index in [9.17, 15) is 4.79 Å². The van der Waals surface area contributed by atoms with Crippen LogP contribution in [0.1, 0.15) is 24.8 Å². The molecule has 1 unspecified atom stereocenters. The summed E-state index contributed by atoms with van der Waals surface area (Å²) in [6.45, 7) is 2.29. The van der Waals surface area contributed by atoms with Crippen LogP contribution < -0.4 is 16.0 Å². The number of benzene rings is 1. The van der Waals surface area contributed by atoms with E-state index in [1.165, 1.54) is 31.0 Å². The van der Waals surface area contributed by atoms with Crippen LogP contribution in [0.25, 0.3) is 0 Å². The number of piperidine rings is 1. The number of rotatable bonds is 5. The van der Waals surface area contributed by atoms with E-state index in [1.54, 1.807) is 12.1 Å². The van der Waals surface area contributed by atoms with Gasteiger partial charge in [0.2, 0.25) is 0 Å². The Kier molecular flexibility index (Phi) is 8.16. The number of nitrogens with zero attached hydrogens (tertiary/aromatic N) is 1. The molecule has 3 rings (SSSR count). The van der Waals surface area contributed by atoms with Crippen LogP contribution in [0.3, 0.4) is 0 Å². The Balaban J connectivity index is 0.00000243. The van der Waals surface area contributed by atoms with Gasteiger partial charge in [0.05, 0.1) is 5.02 Å². The van der Waals surface area contributed by atoms with Crippen LogP contribution in [0, 0.1) is 5.92 Å². The second kappa shape index (κ2) is 10.4. The van der Waals surface area contributed by atoms with Gasteiger partial charge >= 0.3 is 6.03 Å². The van der Waals surface area contributed by atoms with E-state index in [1.807, 2.05) is 12.1 Å². The molecule has 2 aromatic rings. The fourth-order valence-corrected chi connectivity index (χ4v) is 3.14. The number of carbonyl (C=O) groups excluding carboxylic acids is 1. The number of halogens is 2. The van der Waals surface area contributed by atoms with Gasteiger partial charge in [-0.25, -0.2) is 9.78 Å². The number of carbonyl (C=O) groups is 1. The zero-order chi connectivity index (χ0) is 17.5. The van der Waals surface area contributed by atoms with Crippen molar-refractivity contribution in [1.29, 1.82) is 0 Å². The number of urea groups is 1. The number of hydrogen-bond acceptors (Lipinski definition) is 3. The second-order valence-corrected chi connectivity index (χ2v) is 6.83. The van der Waals surface area contributed by atoms with Gasteiger partial charge in [0.25, 0.3) is 0 Å². The van der Waals surface area contributed by atoms with E-state index >= 15 is 0 Å². The summed E-state index contributed by atoms with van der Waals surface area (Å²) in [7, 11) is 0. The third-order valence-electron chi connectivity index (χ3n) is 4.42. The number of anilines is 2.